The van der Waals surface area contributed by atoms with Crippen LogP contribution in [0, 0.1) is 11.3 Å². The Balaban J connectivity index is 2.44. The molecule has 0 bridgehead atoms. The molecule has 1 aromatic carbocycles. The summed E-state index contributed by atoms with van der Waals surface area (Å²) in [6.07, 6.45) is 0. The Labute approximate surface area is 151 Å². The summed E-state index contributed by atoms with van der Waals surface area (Å²) in [7, 11) is 0. The molecule has 2 N–H and O–H groups in total. The highest BCUT2D eigenvalue weighted by molar-refractivity contribution is 5.95. The number of nitriles is 1. The SMILES string of the molecule is CCOC(=O)C1=C(C)NC(=O)N[C@H]1c1ccc(OCC#N)c(OCC)c1. The van der Waals surface area contributed by atoms with Gasteiger partial charge in [-0.05, 0) is 38.5 Å². The van der Waals surface area contributed by atoms with Gasteiger partial charge in [-0.1, -0.05) is 6.07 Å². The van der Waals surface area contributed by atoms with Crippen molar-refractivity contribution in [3.05, 3.63) is 35.0 Å². The van der Waals surface area contributed by atoms with E-state index in [1.165, 1.54) is 0 Å². The van der Waals surface area contributed by atoms with E-state index in [1.54, 1.807) is 32.0 Å². The van der Waals surface area contributed by atoms with Crippen molar-refractivity contribution in [1.29, 1.82) is 5.26 Å². The second-order valence-electron chi connectivity index (χ2n) is 5.38. The Morgan fingerprint density at radius 3 is 2.65 bits per heavy atom. The maximum absolute atomic E-state index is 12.4. The summed E-state index contributed by atoms with van der Waals surface area (Å²) in [5.41, 5.74) is 1.38. The number of urea groups is 1. The zero-order valence-corrected chi connectivity index (χ0v) is 14.9. The Bertz CT molecular complexity index is 767. The van der Waals surface area contributed by atoms with Gasteiger partial charge in [-0.2, -0.15) is 5.26 Å². The van der Waals surface area contributed by atoms with Gasteiger partial charge in [0.15, 0.2) is 18.1 Å². The molecule has 1 aliphatic heterocycles. The number of allylic oxidation sites excluding steroid dienone is 1. The van der Waals surface area contributed by atoms with E-state index in [9.17, 15) is 9.59 Å². The molecule has 0 aliphatic carbocycles. The number of ether oxygens (including phenoxy) is 3. The van der Waals surface area contributed by atoms with Crippen LogP contribution in [0.5, 0.6) is 11.5 Å². The van der Waals surface area contributed by atoms with Gasteiger partial charge in [0, 0.05) is 5.70 Å². The van der Waals surface area contributed by atoms with Gasteiger partial charge < -0.3 is 24.8 Å². The molecule has 8 heteroatoms. The summed E-state index contributed by atoms with van der Waals surface area (Å²) in [4.78, 5) is 24.3. The predicted octanol–water partition coefficient (Wildman–Crippen LogP) is 2.18. The number of amides is 2. The van der Waals surface area contributed by atoms with E-state index in [0.717, 1.165) is 0 Å². The number of esters is 1. The molecular weight excluding hydrogens is 338 g/mol. The molecule has 1 atom stereocenters. The highest BCUT2D eigenvalue weighted by atomic mass is 16.5. The molecule has 1 aromatic rings. The minimum absolute atomic E-state index is 0.114. The van der Waals surface area contributed by atoms with Gasteiger partial charge in [0.2, 0.25) is 0 Å². The number of nitrogens with zero attached hydrogens (tertiary/aromatic N) is 1. The minimum Gasteiger partial charge on any atom is -0.490 e. The van der Waals surface area contributed by atoms with Gasteiger partial charge in [-0.25, -0.2) is 9.59 Å². The molecule has 1 heterocycles. The van der Waals surface area contributed by atoms with Crippen molar-refractivity contribution in [1.82, 2.24) is 10.6 Å². The zero-order chi connectivity index (χ0) is 19.1. The summed E-state index contributed by atoms with van der Waals surface area (Å²) >= 11 is 0. The van der Waals surface area contributed by atoms with E-state index in [4.69, 9.17) is 19.5 Å². The number of carbonyl (C=O) groups is 2. The maximum atomic E-state index is 12.4. The molecule has 0 aromatic heterocycles. The second-order valence-corrected chi connectivity index (χ2v) is 5.38. The third-order valence-electron chi connectivity index (χ3n) is 3.66. The first kappa shape index (κ1) is 19.1. The second kappa shape index (κ2) is 8.76. The van der Waals surface area contributed by atoms with E-state index < -0.39 is 18.0 Å². The van der Waals surface area contributed by atoms with Gasteiger partial charge in [0.25, 0.3) is 0 Å². The third-order valence-corrected chi connectivity index (χ3v) is 3.66. The summed E-state index contributed by atoms with van der Waals surface area (Å²) in [5.74, 6) is 0.329. The summed E-state index contributed by atoms with van der Waals surface area (Å²) in [6, 6.07) is 5.83. The molecule has 138 valence electrons. The molecule has 1 aliphatic rings. The molecule has 2 amide bonds. The molecule has 0 saturated carbocycles. The first-order valence-electron chi connectivity index (χ1n) is 8.23. The molecule has 8 nitrogen and oxygen atoms in total. The molecule has 26 heavy (non-hydrogen) atoms. The largest absolute Gasteiger partial charge is 0.490 e. The van der Waals surface area contributed by atoms with Crippen molar-refractivity contribution in [2.75, 3.05) is 19.8 Å². The van der Waals surface area contributed by atoms with Crippen LogP contribution in [0.25, 0.3) is 0 Å². The highest BCUT2D eigenvalue weighted by Crippen LogP contribution is 2.34. The van der Waals surface area contributed by atoms with Crippen LogP contribution in [-0.2, 0) is 9.53 Å². The van der Waals surface area contributed by atoms with E-state index in [2.05, 4.69) is 10.6 Å². The lowest BCUT2D eigenvalue weighted by Gasteiger charge is -2.28. The quantitative estimate of drug-likeness (QED) is 0.722. The Kier molecular flexibility index (Phi) is 6.44. The van der Waals surface area contributed by atoms with Crippen molar-refractivity contribution < 1.29 is 23.8 Å². The molecule has 2 rings (SSSR count). The average Bonchev–Trinajstić information content (AvgIpc) is 2.60. The number of nitrogens with one attached hydrogen (secondary N) is 2. The van der Waals surface area contributed by atoms with E-state index in [0.29, 0.717) is 34.9 Å². The fraction of sp³-hybridized carbons (Fsp3) is 0.389. The Hall–Kier alpha value is -3.21. The molecule has 0 saturated heterocycles. The lowest BCUT2D eigenvalue weighted by atomic mass is 9.95. The number of hydrogen-bond acceptors (Lipinski definition) is 6. The van der Waals surface area contributed by atoms with E-state index >= 15 is 0 Å². The summed E-state index contributed by atoms with van der Waals surface area (Å²) < 4.78 is 16.0. The average molecular weight is 359 g/mol. The van der Waals surface area contributed by atoms with Gasteiger partial charge in [-0.3, -0.25) is 0 Å². The van der Waals surface area contributed by atoms with Crippen molar-refractivity contribution in [3.63, 3.8) is 0 Å². The van der Waals surface area contributed by atoms with Crippen LogP contribution in [0.1, 0.15) is 32.4 Å². The standard InChI is InChI=1S/C18H21N3O5/c1-4-24-14-10-12(6-7-13(14)26-9-8-19)16-15(17(22)25-5-2)11(3)20-18(23)21-16/h6-7,10,16H,4-5,9H2,1-3H3,(H2,20,21,23)/t16-/m0/s1. The predicted molar refractivity (Wildman–Crippen MR) is 92.5 cm³/mol. The number of carbonyl (C=O) groups excluding carboxylic acids is 2. The topological polar surface area (TPSA) is 110 Å². The number of benzene rings is 1. The smallest absolute Gasteiger partial charge is 0.338 e. The van der Waals surface area contributed by atoms with Gasteiger partial charge >= 0.3 is 12.0 Å². The van der Waals surface area contributed by atoms with Crippen LogP contribution in [0.15, 0.2) is 29.5 Å². The van der Waals surface area contributed by atoms with Crippen molar-refractivity contribution >= 4 is 12.0 Å². The number of hydrogen-bond donors (Lipinski definition) is 2. The first-order valence-corrected chi connectivity index (χ1v) is 8.23. The monoisotopic (exact) mass is 359 g/mol. The molecular formula is C18H21N3O5. The fourth-order valence-corrected chi connectivity index (χ4v) is 2.63. The maximum Gasteiger partial charge on any atom is 0.338 e. The van der Waals surface area contributed by atoms with Gasteiger partial charge in [-0.15, -0.1) is 0 Å². The zero-order valence-electron chi connectivity index (χ0n) is 14.9. The minimum atomic E-state index is -0.688. The van der Waals surface area contributed by atoms with E-state index in [-0.39, 0.29) is 13.2 Å². The lowest BCUT2D eigenvalue weighted by molar-refractivity contribution is -0.139. The van der Waals surface area contributed by atoms with Crippen LogP contribution in [0.2, 0.25) is 0 Å². The van der Waals surface area contributed by atoms with E-state index in [1.807, 2.05) is 13.0 Å². The fourth-order valence-electron chi connectivity index (χ4n) is 2.63. The first-order chi connectivity index (χ1) is 12.5. The van der Waals surface area contributed by atoms with Crippen molar-refractivity contribution in [3.8, 4) is 17.6 Å². The molecule has 0 spiro atoms. The highest BCUT2D eigenvalue weighted by Gasteiger charge is 2.32. The van der Waals surface area contributed by atoms with Gasteiger partial charge in [0.05, 0.1) is 24.8 Å². The van der Waals surface area contributed by atoms with Crippen LogP contribution in [0.3, 0.4) is 0 Å². The Morgan fingerprint density at radius 2 is 2.00 bits per heavy atom. The lowest BCUT2D eigenvalue weighted by Crippen LogP contribution is -2.45. The van der Waals surface area contributed by atoms with Crippen LogP contribution in [-0.4, -0.2) is 31.8 Å². The van der Waals surface area contributed by atoms with Gasteiger partial charge in [0.1, 0.15) is 6.07 Å². The van der Waals surface area contributed by atoms with Crippen LogP contribution < -0.4 is 20.1 Å². The van der Waals surface area contributed by atoms with Crippen LogP contribution >= 0.6 is 0 Å². The molecule has 0 unspecified atom stereocenters. The number of rotatable bonds is 7. The molecule has 0 radical (unpaired) electrons. The van der Waals surface area contributed by atoms with Crippen molar-refractivity contribution in [2.45, 2.75) is 26.8 Å². The normalized spacial score (nSPS) is 16.2. The van der Waals surface area contributed by atoms with Crippen molar-refractivity contribution in [2.24, 2.45) is 0 Å². The third kappa shape index (κ3) is 4.25. The summed E-state index contributed by atoms with van der Waals surface area (Å²) in [5, 5.41) is 14.0. The molecule has 0 fully saturated rings. The Morgan fingerprint density at radius 1 is 1.23 bits per heavy atom. The van der Waals surface area contributed by atoms with Crippen LogP contribution in [0.4, 0.5) is 4.79 Å². The summed E-state index contributed by atoms with van der Waals surface area (Å²) in [6.45, 7) is 5.68.